The number of benzene rings is 3. The van der Waals surface area contributed by atoms with Crippen LogP contribution in [0.3, 0.4) is 0 Å². The fourth-order valence-electron chi connectivity index (χ4n) is 3.56. The Morgan fingerprint density at radius 3 is 2.47 bits per heavy atom. The Kier molecular flexibility index (Phi) is 5.82. The molecule has 0 bridgehead atoms. The molecule has 0 aliphatic carbocycles. The molecule has 1 N–H and O–H groups in total. The molecule has 0 aliphatic rings. The molecule has 0 saturated carbocycles. The second-order valence-corrected chi connectivity index (χ2v) is 8.27. The Labute approximate surface area is 181 Å². The van der Waals surface area contributed by atoms with Gasteiger partial charge in [-0.1, -0.05) is 74.0 Å². The van der Waals surface area contributed by atoms with E-state index in [1.54, 1.807) is 12.1 Å². The number of carbonyl (C=O) groups excluding carboxylic acids is 1. The topological polar surface area (TPSA) is 42.0 Å². The van der Waals surface area contributed by atoms with Gasteiger partial charge in [0.2, 0.25) is 0 Å². The van der Waals surface area contributed by atoms with Gasteiger partial charge < -0.3 is 5.32 Å². The molecule has 0 radical (unpaired) electrons. The number of fused-ring (bicyclic) bond motifs is 1. The van der Waals surface area contributed by atoms with Gasteiger partial charge in [-0.2, -0.15) is 0 Å². The molecule has 0 saturated heterocycles. The first-order valence-electron chi connectivity index (χ1n) is 10.1. The molecule has 1 amide bonds. The Bertz CT molecular complexity index is 1200. The molecular weight excluding hydrogens is 392 g/mol. The van der Waals surface area contributed by atoms with E-state index in [0.29, 0.717) is 22.2 Å². The van der Waals surface area contributed by atoms with Crippen LogP contribution in [0.15, 0.2) is 78.9 Å². The van der Waals surface area contributed by atoms with E-state index >= 15 is 0 Å². The third-order valence-electron chi connectivity index (χ3n) is 4.94. The predicted molar refractivity (Wildman–Crippen MR) is 125 cm³/mol. The van der Waals surface area contributed by atoms with Gasteiger partial charge >= 0.3 is 0 Å². The summed E-state index contributed by atoms with van der Waals surface area (Å²) in [5, 5.41) is 4.34. The Morgan fingerprint density at radius 1 is 0.967 bits per heavy atom. The van der Waals surface area contributed by atoms with Crippen LogP contribution in [0.25, 0.3) is 22.2 Å². The number of aromatic nitrogens is 1. The largest absolute Gasteiger partial charge is 0.322 e. The maximum Gasteiger partial charge on any atom is 0.256 e. The number of rotatable bonds is 5. The molecule has 0 spiro atoms. The van der Waals surface area contributed by atoms with Gasteiger partial charge in [0.15, 0.2) is 0 Å². The van der Waals surface area contributed by atoms with Gasteiger partial charge in [0.1, 0.15) is 0 Å². The van der Waals surface area contributed by atoms with Crippen molar-refractivity contribution in [1.82, 2.24) is 4.98 Å². The molecule has 3 nitrogen and oxygen atoms in total. The third kappa shape index (κ3) is 4.52. The van der Waals surface area contributed by atoms with Gasteiger partial charge in [0.25, 0.3) is 5.91 Å². The second-order valence-electron chi connectivity index (χ2n) is 7.83. The number of nitrogens with zero attached hydrogens (tertiary/aromatic N) is 1. The zero-order valence-corrected chi connectivity index (χ0v) is 17.8. The fourth-order valence-corrected chi connectivity index (χ4v) is 3.75. The van der Waals surface area contributed by atoms with Crippen molar-refractivity contribution in [1.29, 1.82) is 0 Å². The first-order chi connectivity index (χ1) is 14.5. The molecule has 0 atom stereocenters. The van der Waals surface area contributed by atoms with Crippen LogP contribution >= 0.6 is 11.6 Å². The minimum absolute atomic E-state index is 0.187. The molecule has 30 heavy (non-hydrogen) atoms. The van der Waals surface area contributed by atoms with Gasteiger partial charge in [0, 0.05) is 21.7 Å². The Morgan fingerprint density at radius 2 is 1.73 bits per heavy atom. The highest BCUT2D eigenvalue weighted by atomic mass is 35.5. The second kappa shape index (κ2) is 8.68. The molecule has 0 fully saturated rings. The molecule has 4 aromatic rings. The van der Waals surface area contributed by atoms with Crippen LogP contribution in [0.2, 0.25) is 5.02 Å². The molecule has 1 aromatic heterocycles. The summed E-state index contributed by atoms with van der Waals surface area (Å²) in [7, 11) is 0. The first kappa shape index (κ1) is 20.1. The van der Waals surface area contributed by atoms with Crippen molar-refractivity contribution in [3.05, 3.63) is 95.0 Å². The number of pyridine rings is 1. The predicted octanol–water partition coefficient (Wildman–Crippen LogP) is 7.01. The third-order valence-corrected chi connectivity index (χ3v) is 5.17. The number of para-hydroxylation sites is 1. The van der Waals surface area contributed by atoms with Crippen molar-refractivity contribution in [2.24, 2.45) is 5.92 Å². The molecule has 0 unspecified atom stereocenters. The standard InChI is InChI=1S/C26H23ClN2O/c1-17(2)14-18-10-12-19(13-11-18)25-16-23(22-8-3-4-9-24(22)29-25)26(30)28-21-7-5-6-20(27)15-21/h3-13,15-17H,14H2,1-2H3,(H,28,30). The molecular formula is C26H23ClN2O. The summed E-state index contributed by atoms with van der Waals surface area (Å²) in [6.45, 7) is 4.42. The van der Waals surface area contributed by atoms with Crippen LogP contribution in [-0.2, 0) is 6.42 Å². The molecule has 0 aliphatic heterocycles. The SMILES string of the molecule is CC(C)Cc1ccc(-c2cc(C(=O)Nc3cccc(Cl)c3)c3ccccc3n2)cc1. The van der Waals surface area contributed by atoms with E-state index < -0.39 is 0 Å². The van der Waals surface area contributed by atoms with Gasteiger partial charge in [-0.05, 0) is 48.2 Å². The summed E-state index contributed by atoms with van der Waals surface area (Å²) in [5.74, 6) is 0.421. The zero-order valence-electron chi connectivity index (χ0n) is 17.0. The average molecular weight is 415 g/mol. The number of nitrogens with one attached hydrogen (secondary N) is 1. The summed E-state index contributed by atoms with van der Waals surface area (Å²) in [6.07, 6.45) is 1.04. The molecule has 1 heterocycles. The highest BCUT2D eigenvalue weighted by Crippen LogP contribution is 2.26. The monoisotopic (exact) mass is 414 g/mol. The van der Waals surface area contributed by atoms with E-state index in [9.17, 15) is 4.79 Å². The number of amides is 1. The van der Waals surface area contributed by atoms with Crippen molar-refractivity contribution >= 4 is 34.1 Å². The summed E-state index contributed by atoms with van der Waals surface area (Å²) in [4.78, 5) is 17.9. The van der Waals surface area contributed by atoms with E-state index in [0.717, 1.165) is 28.6 Å². The number of carbonyl (C=O) groups is 1. The minimum atomic E-state index is -0.187. The number of halogens is 1. The highest BCUT2D eigenvalue weighted by Gasteiger charge is 2.14. The van der Waals surface area contributed by atoms with Gasteiger partial charge in [-0.3, -0.25) is 4.79 Å². The number of hydrogen-bond donors (Lipinski definition) is 1. The molecule has 4 rings (SSSR count). The molecule has 3 aromatic carbocycles. The van der Waals surface area contributed by atoms with Gasteiger partial charge in [0.05, 0.1) is 16.8 Å². The Balaban J connectivity index is 1.73. The summed E-state index contributed by atoms with van der Waals surface area (Å²) in [6, 6.07) is 25.1. The van der Waals surface area contributed by atoms with E-state index in [1.165, 1.54) is 5.56 Å². The van der Waals surface area contributed by atoms with Crippen LogP contribution < -0.4 is 5.32 Å². The van der Waals surface area contributed by atoms with Crippen LogP contribution in [0.1, 0.15) is 29.8 Å². The zero-order chi connectivity index (χ0) is 21.1. The van der Waals surface area contributed by atoms with Crippen LogP contribution in [-0.4, -0.2) is 10.9 Å². The Hall–Kier alpha value is -3.17. The minimum Gasteiger partial charge on any atom is -0.322 e. The quantitative estimate of drug-likeness (QED) is 0.381. The van der Waals surface area contributed by atoms with Crippen molar-refractivity contribution < 1.29 is 4.79 Å². The maximum atomic E-state index is 13.1. The first-order valence-corrected chi connectivity index (χ1v) is 10.4. The van der Waals surface area contributed by atoms with Crippen molar-refractivity contribution in [2.45, 2.75) is 20.3 Å². The van der Waals surface area contributed by atoms with Crippen LogP contribution in [0.4, 0.5) is 5.69 Å². The van der Waals surface area contributed by atoms with Gasteiger partial charge in [-0.15, -0.1) is 0 Å². The number of hydrogen-bond acceptors (Lipinski definition) is 2. The average Bonchev–Trinajstić information content (AvgIpc) is 2.73. The molecule has 4 heteroatoms. The normalized spacial score (nSPS) is 11.1. The van der Waals surface area contributed by atoms with E-state index in [1.807, 2.05) is 42.5 Å². The highest BCUT2D eigenvalue weighted by molar-refractivity contribution is 6.31. The van der Waals surface area contributed by atoms with Gasteiger partial charge in [-0.25, -0.2) is 4.98 Å². The van der Waals surface area contributed by atoms with Crippen molar-refractivity contribution in [3.8, 4) is 11.3 Å². The fraction of sp³-hybridized carbons (Fsp3) is 0.154. The summed E-state index contributed by atoms with van der Waals surface area (Å²) < 4.78 is 0. The lowest BCUT2D eigenvalue weighted by molar-refractivity contribution is 0.102. The van der Waals surface area contributed by atoms with Crippen LogP contribution in [0.5, 0.6) is 0 Å². The van der Waals surface area contributed by atoms with Crippen LogP contribution in [0, 0.1) is 5.92 Å². The van der Waals surface area contributed by atoms with E-state index in [4.69, 9.17) is 16.6 Å². The molecule has 150 valence electrons. The smallest absolute Gasteiger partial charge is 0.256 e. The number of anilines is 1. The van der Waals surface area contributed by atoms with E-state index in [2.05, 4.69) is 43.4 Å². The maximum absolute atomic E-state index is 13.1. The lowest BCUT2D eigenvalue weighted by atomic mass is 9.99. The van der Waals surface area contributed by atoms with Crippen molar-refractivity contribution in [2.75, 3.05) is 5.32 Å². The van der Waals surface area contributed by atoms with Crippen molar-refractivity contribution in [3.63, 3.8) is 0 Å². The lowest BCUT2D eigenvalue weighted by Gasteiger charge is -2.12. The lowest BCUT2D eigenvalue weighted by Crippen LogP contribution is -2.13. The summed E-state index contributed by atoms with van der Waals surface area (Å²) >= 11 is 6.06. The van der Waals surface area contributed by atoms with E-state index in [-0.39, 0.29) is 5.91 Å². The summed E-state index contributed by atoms with van der Waals surface area (Å²) in [5.41, 5.74) is 5.10.